The molecular formula is C13H10FNO. The number of aliphatic imine (C=N–C) groups is 1. The molecule has 0 amide bonds. The lowest BCUT2D eigenvalue weighted by Gasteiger charge is -1.95. The molecule has 2 rings (SSSR count). The second-order valence-corrected chi connectivity index (χ2v) is 3.33. The van der Waals surface area contributed by atoms with Crippen molar-refractivity contribution in [3.63, 3.8) is 0 Å². The van der Waals surface area contributed by atoms with Crippen molar-refractivity contribution in [2.24, 2.45) is 4.99 Å². The predicted molar refractivity (Wildman–Crippen MR) is 61.8 cm³/mol. The third-order valence-electron chi connectivity index (χ3n) is 2.06. The maximum atomic E-state index is 12.8. The molecule has 0 atom stereocenters. The van der Waals surface area contributed by atoms with Gasteiger partial charge in [0.25, 0.3) is 0 Å². The molecule has 2 aromatic carbocycles. The molecule has 0 aliphatic rings. The van der Waals surface area contributed by atoms with Crippen molar-refractivity contribution in [1.82, 2.24) is 0 Å². The second kappa shape index (κ2) is 4.57. The van der Waals surface area contributed by atoms with Crippen LogP contribution in [0.25, 0.3) is 0 Å². The van der Waals surface area contributed by atoms with Crippen LogP contribution in [0.2, 0.25) is 0 Å². The van der Waals surface area contributed by atoms with Crippen LogP contribution < -0.4 is 0 Å². The number of rotatable bonds is 2. The molecule has 80 valence electrons. The molecule has 0 radical (unpaired) electrons. The van der Waals surface area contributed by atoms with Crippen LogP contribution in [0.5, 0.6) is 5.75 Å². The van der Waals surface area contributed by atoms with Gasteiger partial charge in [-0.05, 0) is 48.0 Å². The molecule has 1 N–H and O–H groups in total. The lowest BCUT2D eigenvalue weighted by atomic mass is 10.2. The van der Waals surface area contributed by atoms with Gasteiger partial charge in [0.15, 0.2) is 0 Å². The Balaban J connectivity index is 2.18. The monoisotopic (exact) mass is 215 g/mol. The number of phenols is 1. The van der Waals surface area contributed by atoms with E-state index in [1.165, 1.54) is 12.1 Å². The molecule has 0 aliphatic carbocycles. The topological polar surface area (TPSA) is 32.6 Å². The Bertz CT molecular complexity index is 506. The number of hydrogen-bond donors (Lipinski definition) is 1. The molecule has 0 fully saturated rings. The van der Waals surface area contributed by atoms with Gasteiger partial charge in [-0.15, -0.1) is 0 Å². The second-order valence-electron chi connectivity index (χ2n) is 3.33. The Labute approximate surface area is 92.7 Å². The zero-order valence-corrected chi connectivity index (χ0v) is 8.47. The van der Waals surface area contributed by atoms with Crippen molar-refractivity contribution in [1.29, 1.82) is 0 Å². The Morgan fingerprint density at radius 2 is 1.81 bits per heavy atom. The normalized spacial score (nSPS) is 10.8. The highest BCUT2D eigenvalue weighted by atomic mass is 19.1. The van der Waals surface area contributed by atoms with Crippen molar-refractivity contribution in [3.8, 4) is 5.75 Å². The van der Waals surface area contributed by atoms with Gasteiger partial charge < -0.3 is 5.11 Å². The SMILES string of the molecule is Oc1ccc(C=Nc2cccc(F)c2)cc1. The van der Waals surface area contributed by atoms with Gasteiger partial charge in [0.1, 0.15) is 11.6 Å². The molecule has 0 aromatic heterocycles. The average Bonchev–Trinajstić information content (AvgIpc) is 2.28. The molecule has 2 nitrogen and oxygen atoms in total. The van der Waals surface area contributed by atoms with E-state index in [4.69, 9.17) is 5.11 Å². The molecule has 0 bridgehead atoms. The van der Waals surface area contributed by atoms with E-state index in [0.29, 0.717) is 5.69 Å². The predicted octanol–water partition coefficient (Wildman–Crippen LogP) is 3.28. The minimum atomic E-state index is -0.305. The number of nitrogens with zero attached hydrogens (tertiary/aromatic N) is 1. The highest BCUT2D eigenvalue weighted by Gasteiger charge is 1.92. The zero-order chi connectivity index (χ0) is 11.4. The Hall–Kier alpha value is -2.16. The van der Waals surface area contributed by atoms with Gasteiger partial charge in [0.05, 0.1) is 5.69 Å². The average molecular weight is 215 g/mol. The summed E-state index contributed by atoms with van der Waals surface area (Å²) in [5.74, 6) is -0.0942. The quantitative estimate of drug-likeness (QED) is 0.766. The van der Waals surface area contributed by atoms with Crippen molar-refractivity contribution < 1.29 is 9.50 Å². The largest absolute Gasteiger partial charge is 0.508 e. The summed E-state index contributed by atoms with van der Waals surface area (Å²) < 4.78 is 12.8. The summed E-state index contributed by atoms with van der Waals surface area (Å²) in [5, 5.41) is 9.08. The molecule has 0 saturated carbocycles. The van der Waals surface area contributed by atoms with Gasteiger partial charge in [0, 0.05) is 6.21 Å². The van der Waals surface area contributed by atoms with Crippen LogP contribution >= 0.6 is 0 Å². The summed E-state index contributed by atoms with van der Waals surface area (Å²) in [5.41, 5.74) is 1.41. The molecule has 3 heteroatoms. The summed E-state index contributed by atoms with van der Waals surface area (Å²) in [6.45, 7) is 0. The van der Waals surface area contributed by atoms with Crippen LogP contribution in [0.15, 0.2) is 53.5 Å². The molecule has 0 unspecified atom stereocenters. The first-order chi connectivity index (χ1) is 7.74. The van der Waals surface area contributed by atoms with Crippen molar-refractivity contribution >= 4 is 11.9 Å². The summed E-state index contributed by atoms with van der Waals surface area (Å²) in [6.07, 6.45) is 1.62. The number of aromatic hydroxyl groups is 1. The van der Waals surface area contributed by atoms with E-state index in [2.05, 4.69) is 4.99 Å². The third-order valence-corrected chi connectivity index (χ3v) is 2.06. The highest BCUT2D eigenvalue weighted by molar-refractivity contribution is 5.82. The Kier molecular flexibility index (Phi) is 2.96. The van der Waals surface area contributed by atoms with Gasteiger partial charge in [0.2, 0.25) is 0 Å². The van der Waals surface area contributed by atoms with E-state index in [1.54, 1.807) is 42.6 Å². The van der Waals surface area contributed by atoms with Crippen LogP contribution in [-0.2, 0) is 0 Å². The van der Waals surface area contributed by atoms with E-state index in [9.17, 15) is 4.39 Å². The fourth-order valence-corrected chi connectivity index (χ4v) is 1.27. The highest BCUT2D eigenvalue weighted by Crippen LogP contribution is 2.13. The molecule has 0 spiro atoms. The third kappa shape index (κ3) is 2.67. The number of phenolic OH excluding ortho intramolecular Hbond substituents is 1. The first kappa shape index (κ1) is 10.4. The minimum Gasteiger partial charge on any atom is -0.508 e. The smallest absolute Gasteiger partial charge is 0.125 e. The zero-order valence-electron chi connectivity index (χ0n) is 8.47. The van der Waals surface area contributed by atoms with Crippen molar-refractivity contribution in [2.45, 2.75) is 0 Å². The van der Waals surface area contributed by atoms with Gasteiger partial charge >= 0.3 is 0 Å². The van der Waals surface area contributed by atoms with E-state index in [1.807, 2.05) is 0 Å². The van der Waals surface area contributed by atoms with Crippen molar-refractivity contribution in [2.75, 3.05) is 0 Å². The first-order valence-corrected chi connectivity index (χ1v) is 4.83. The maximum Gasteiger partial charge on any atom is 0.125 e. The van der Waals surface area contributed by atoms with E-state index >= 15 is 0 Å². The maximum absolute atomic E-state index is 12.8. The molecule has 0 heterocycles. The Morgan fingerprint density at radius 1 is 1.06 bits per heavy atom. The van der Waals surface area contributed by atoms with Gasteiger partial charge in [-0.2, -0.15) is 0 Å². The summed E-state index contributed by atoms with van der Waals surface area (Å²) in [4.78, 5) is 4.12. The molecular weight excluding hydrogens is 205 g/mol. The van der Waals surface area contributed by atoms with Crippen LogP contribution in [-0.4, -0.2) is 11.3 Å². The molecule has 2 aromatic rings. The van der Waals surface area contributed by atoms with Crippen LogP contribution in [0, 0.1) is 5.82 Å². The number of halogens is 1. The molecule has 16 heavy (non-hydrogen) atoms. The Morgan fingerprint density at radius 3 is 2.50 bits per heavy atom. The number of benzene rings is 2. The summed E-state index contributed by atoms with van der Waals surface area (Å²) in [6, 6.07) is 12.7. The van der Waals surface area contributed by atoms with Gasteiger partial charge in [-0.1, -0.05) is 6.07 Å². The fourth-order valence-electron chi connectivity index (χ4n) is 1.27. The first-order valence-electron chi connectivity index (χ1n) is 4.83. The van der Waals surface area contributed by atoms with Gasteiger partial charge in [-0.25, -0.2) is 4.39 Å². The van der Waals surface area contributed by atoms with Gasteiger partial charge in [-0.3, -0.25) is 4.99 Å². The fraction of sp³-hybridized carbons (Fsp3) is 0. The lowest BCUT2D eigenvalue weighted by molar-refractivity contribution is 0.475. The van der Waals surface area contributed by atoms with Crippen LogP contribution in [0.4, 0.5) is 10.1 Å². The lowest BCUT2D eigenvalue weighted by Crippen LogP contribution is -1.79. The van der Waals surface area contributed by atoms with Crippen molar-refractivity contribution in [3.05, 3.63) is 59.9 Å². The van der Waals surface area contributed by atoms with E-state index in [0.717, 1.165) is 5.56 Å². The van der Waals surface area contributed by atoms with Crippen LogP contribution in [0.3, 0.4) is 0 Å². The standard InChI is InChI=1S/C13H10FNO/c14-11-2-1-3-12(8-11)15-9-10-4-6-13(16)7-5-10/h1-9,16H. The summed E-state index contributed by atoms with van der Waals surface area (Å²) >= 11 is 0. The summed E-state index contributed by atoms with van der Waals surface area (Å²) in [7, 11) is 0. The number of hydrogen-bond acceptors (Lipinski definition) is 2. The van der Waals surface area contributed by atoms with Crippen LogP contribution in [0.1, 0.15) is 5.56 Å². The minimum absolute atomic E-state index is 0.211. The van der Waals surface area contributed by atoms with E-state index < -0.39 is 0 Å². The van der Waals surface area contributed by atoms with E-state index in [-0.39, 0.29) is 11.6 Å². The molecule has 0 aliphatic heterocycles. The molecule has 0 saturated heterocycles.